The van der Waals surface area contributed by atoms with Crippen LogP contribution in [0.3, 0.4) is 0 Å². The number of hydrogen-bond acceptors (Lipinski definition) is 1. The van der Waals surface area contributed by atoms with E-state index in [2.05, 4.69) is 90.7 Å². The maximum atomic E-state index is 13.9. The molecule has 5 rings (SSSR count). The number of hydrogen-bond donors (Lipinski definition) is 2. The number of aromatic amines is 2. The standard InChI is InChI=1S/C37H34FN3/c1-5-27(19-20-28-12-8-7-9-13-28)22-29(6-2)25(3)18-21-34-26(4)37(41-40-34)36-24-33-32(16-11-17-35(33)39-36)30-14-10-15-31(38)23-30/h5-18,21-24,39-40H,1,4,19-20H2,2-3H3/b25-18+,27-22+,29-6+,34-21+. The molecule has 41 heavy (non-hydrogen) atoms. The van der Waals surface area contributed by atoms with Gasteiger partial charge in [0.05, 0.1) is 11.0 Å². The van der Waals surface area contributed by atoms with Crippen LogP contribution in [0.25, 0.3) is 46.1 Å². The van der Waals surface area contributed by atoms with Crippen molar-refractivity contribution < 1.29 is 4.39 Å². The maximum absolute atomic E-state index is 13.9. The molecule has 0 aliphatic rings. The van der Waals surface area contributed by atoms with E-state index >= 15 is 0 Å². The summed E-state index contributed by atoms with van der Waals surface area (Å²) in [6.07, 6.45) is 12.3. The third kappa shape index (κ3) is 6.28. The zero-order chi connectivity index (χ0) is 28.8. The third-order valence-corrected chi connectivity index (χ3v) is 7.37. The van der Waals surface area contributed by atoms with Crippen LogP contribution in [0.15, 0.2) is 126 Å². The smallest absolute Gasteiger partial charge is 0.123 e. The lowest BCUT2D eigenvalue weighted by Crippen LogP contribution is -2.21. The molecule has 0 saturated carbocycles. The van der Waals surface area contributed by atoms with Crippen LogP contribution in [0.1, 0.15) is 25.8 Å². The van der Waals surface area contributed by atoms with Crippen molar-refractivity contribution in [1.82, 2.24) is 15.2 Å². The Morgan fingerprint density at radius 2 is 1.80 bits per heavy atom. The molecule has 2 N–H and O–H groups in total. The summed E-state index contributed by atoms with van der Waals surface area (Å²) in [4.78, 5) is 3.46. The Morgan fingerprint density at radius 3 is 2.56 bits per heavy atom. The molecule has 0 radical (unpaired) electrons. The highest BCUT2D eigenvalue weighted by Crippen LogP contribution is 2.31. The summed E-state index contributed by atoms with van der Waals surface area (Å²) >= 11 is 0. The molecule has 2 aromatic heterocycles. The molecule has 0 bridgehead atoms. The summed E-state index contributed by atoms with van der Waals surface area (Å²) in [5.74, 6) is -0.254. The normalized spacial score (nSPS) is 13.2. The van der Waals surface area contributed by atoms with Crippen molar-refractivity contribution in [2.24, 2.45) is 0 Å². The van der Waals surface area contributed by atoms with Crippen LogP contribution >= 0.6 is 0 Å². The summed E-state index contributed by atoms with van der Waals surface area (Å²) in [6, 6.07) is 25.2. The van der Waals surface area contributed by atoms with Crippen molar-refractivity contribution in [3.63, 3.8) is 0 Å². The molecule has 3 aromatic carbocycles. The first-order chi connectivity index (χ1) is 20.0. The molecule has 0 spiro atoms. The van der Waals surface area contributed by atoms with E-state index in [-0.39, 0.29) is 5.82 Å². The van der Waals surface area contributed by atoms with Gasteiger partial charge in [-0.3, -0.25) is 5.10 Å². The molecule has 0 atom stereocenters. The van der Waals surface area contributed by atoms with Gasteiger partial charge in [-0.25, -0.2) is 4.39 Å². The van der Waals surface area contributed by atoms with Crippen LogP contribution in [0.4, 0.5) is 4.39 Å². The Kier molecular flexibility index (Phi) is 8.40. The number of aromatic nitrogens is 3. The molecule has 0 aliphatic heterocycles. The molecule has 0 fully saturated rings. The molecule has 4 heteroatoms. The SMILES string of the molecule is C=C\C(=C/C(=C\C)C(/C)=C/C=c1/[nH]nc(-c2cc3c(-c4cccc(F)c4)cccc3[nH]2)c1=C)CCc1ccccc1. The van der Waals surface area contributed by atoms with Crippen molar-refractivity contribution in [2.75, 3.05) is 0 Å². The van der Waals surface area contributed by atoms with Crippen molar-refractivity contribution in [2.45, 2.75) is 26.7 Å². The number of benzene rings is 3. The number of nitrogens with zero attached hydrogens (tertiary/aromatic N) is 1. The molecular formula is C37H34FN3. The van der Waals surface area contributed by atoms with Gasteiger partial charge in [0.2, 0.25) is 0 Å². The van der Waals surface area contributed by atoms with Gasteiger partial charge >= 0.3 is 0 Å². The van der Waals surface area contributed by atoms with Crippen molar-refractivity contribution in [1.29, 1.82) is 0 Å². The van der Waals surface area contributed by atoms with Gasteiger partial charge in [0.1, 0.15) is 11.5 Å². The fourth-order valence-corrected chi connectivity index (χ4v) is 5.03. The summed E-state index contributed by atoms with van der Waals surface area (Å²) < 4.78 is 13.9. The maximum Gasteiger partial charge on any atom is 0.123 e. The molecular weight excluding hydrogens is 505 g/mol. The number of aryl methyl sites for hydroxylation is 1. The van der Waals surface area contributed by atoms with Crippen LogP contribution in [0, 0.1) is 5.82 Å². The van der Waals surface area contributed by atoms with E-state index in [1.54, 1.807) is 12.1 Å². The minimum atomic E-state index is -0.254. The Labute approximate surface area is 240 Å². The number of nitrogens with one attached hydrogen (secondary N) is 2. The van der Waals surface area contributed by atoms with Gasteiger partial charge in [-0.2, -0.15) is 5.10 Å². The molecule has 0 aliphatic carbocycles. The van der Waals surface area contributed by atoms with Crippen molar-refractivity contribution in [3.8, 4) is 22.5 Å². The topological polar surface area (TPSA) is 44.5 Å². The second-order valence-corrected chi connectivity index (χ2v) is 10.1. The summed E-state index contributed by atoms with van der Waals surface area (Å²) in [6.45, 7) is 12.5. The second kappa shape index (κ2) is 12.5. The van der Waals surface area contributed by atoms with Gasteiger partial charge in [-0.05, 0) is 90.4 Å². The first kappa shape index (κ1) is 27.6. The predicted molar refractivity (Wildman–Crippen MR) is 171 cm³/mol. The first-order valence-electron chi connectivity index (χ1n) is 13.8. The predicted octanol–water partition coefficient (Wildman–Crippen LogP) is 8.19. The molecule has 2 heterocycles. The monoisotopic (exact) mass is 539 g/mol. The summed E-state index contributed by atoms with van der Waals surface area (Å²) in [5, 5.41) is 10.4. The molecule has 0 amide bonds. The molecule has 5 aromatic rings. The summed E-state index contributed by atoms with van der Waals surface area (Å²) in [7, 11) is 0. The number of rotatable bonds is 9. The van der Waals surface area contributed by atoms with Gasteiger partial charge in [0.25, 0.3) is 0 Å². The van der Waals surface area contributed by atoms with Gasteiger partial charge < -0.3 is 4.98 Å². The first-order valence-corrected chi connectivity index (χ1v) is 13.8. The third-order valence-electron chi connectivity index (χ3n) is 7.37. The van der Waals surface area contributed by atoms with Crippen LogP contribution in [-0.2, 0) is 6.42 Å². The van der Waals surface area contributed by atoms with Crippen LogP contribution < -0.4 is 10.6 Å². The Hall–Kier alpha value is -4.96. The van der Waals surface area contributed by atoms with Gasteiger partial charge in [0, 0.05) is 16.1 Å². The lowest BCUT2D eigenvalue weighted by atomic mass is 9.99. The highest BCUT2D eigenvalue weighted by atomic mass is 19.1. The van der Waals surface area contributed by atoms with Crippen LogP contribution in [0.2, 0.25) is 0 Å². The van der Waals surface area contributed by atoms with E-state index < -0.39 is 0 Å². The molecule has 0 saturated heterocycles. The zero-order valence-electron chi connectivity index (χ0n) is 23.5. The van der Waals surface area contributed by atoms with Crippen molar-refractivity contribution in [3.05, 3.63) is 148 Å². The number of allylic oxidation sites excluding steroid dienone is 7. The van der Waals surface area contributed by atoms with E-state index in [1.807, 2.05) is 42.5 Å². The Morgan fingerprint density at radius 1 is 1.00 bits per heavy atom. The minimum Gasteiger partial charge on any atom is -0.353 e. The summed E-state index contributed by atoms with van der Waals surface area (Å²) in [5.41, 5.74) is 9.17. The van der Waals surface area contributed by atoms with E-state index in [0.29, 0.717) is 0 Å². The van der Waals surface area contributed by atoms with E-state index in [4.69, 9.17) is 0 Å². The average Bonchev–Trinajstić information content (AvgIpc) is 3.59. The second-order valence-electron chi connectivity index (χ2n) is 10.1. The van der Waals surface area contributed by atoms with Crippen molar-refractivity contribution >= 4 is 23.6 Å². The number of halogens is 1. The Bertz CT molecular complexity index is 1900. The number of H-pyrrole nitrogens is 2. The average molecular weight is 540 g/mol. The Balaban J connectivity index is 1.40. The van der Waals surface area contributed by atoms with E-state index in [0.717, 1.165) is 68.0 Å². The fourth-order valence-electron chi connectivity index (χ4n) is 5.03. The van der Waals surface area contributed by atoms with Gasteiger partial charge in [-0.1, -0.05) is 92.1 Å². The van der Waals surface area contributed by atoms with Crippen LogP contribution in [0.5, 0.6) is 0 Å². The zero-order valence-corrected chi connectivity index (χ0v) is 23.5. The van der Waals surface area contributed by atoms with Gasteiger partial charge in [-0.15, -0.1) is 0 Å². The van der Waals surface area contributed by atoms with E-state index in [1.165, 1.54) is 17.2 Å². The molecule has 0 unspecified atom stereocenters. The molecule has 3 nitrogen and oxygen atoms in total. The molecule has 204 valence electrons. The highest BCUT2D eigenvalue weighted by Gasteiger charge is 2.12. The number of fused-ring (bicyclic) bond motifs is 1. The lowest BCUT2D eigenvalue weighted by Gasteiger charge is -2.06. The van der Waals surface area contributed by atoms with E-state index in [9.17, 15) is 4.39 Å². The lowest BCUT2D eigenvalue weighted by molar-refractivity contribution is 0.628. The highest BCUT2D eigenvalue weighted by molar-refractivity contribution is 5.98. The van der Waals surface area contributed by atoms with Crippen LogP contribution in [-0.4, -0.2) is 15.2 Å². The fraction of sp³-hybridized carbons (Fsp3) is 0.108. The largest absolute Gasteiger partial charge is 0.353 e. The minimum absolute atomic E-state index is 0.254. The quantitative estimate of drug-likeness (QED) is 0.182. The van der Waals surface area contributed by atoms with Gasteiger partial charge in [0.15, 0.2) is 0 Å².